The van der Waals surface area contributed by atoms with E-state index in [0.29, 0.717) is 0 Å². The zero-order chi connectivity index (χ0) is 20.6. The van der Waals surface area contributed by atoms with Gasteiger partial charge in [-0.15, -0.1) is 22.7 Å². The molecule has 6 nitrogen and oxygen atoms in total. The molecule has 0 bridgehead atoms. The normalized spacial score (nSPS) is 24.0. The van der Waals surface area contributed by atoms with Gasteiger partial charge in [0, 0.05) is 28.0 Å². The van der Waals surface area contributed by atoms with E-state index in [1.54, 1.807) is 17.4 Å². The zero-order valence-corrected chi connectivity index (χ0v) is 19.9. The molecule has 2 aromatic heterocycles. The van der Waals surface area contributed by atoms with E-state index in [1.165, 1.54) is 11.3 Å². The molecule has 3 N–H and O–H groups in total. The van der Waals surface area contributed by atoms with E-state index in [2.05, 4.69) is 0 Å². The first-order chi connectivity index (χ1) is 13.9. The molecule has 0 saturated carbocycles. The van der Waals surface area contributed by atoms with Crippen molar-refractivity contribution in [2.24, 2.45) is 0 Å². The van der Waals surface area contributed by atoms with E-state index < -0.39 is 30.2 Å². The van der Waals surface area contributed by atoms with Gasteiger partial charge in [-0.05, 0) is 46.0 Å². The van der Waals surface area contributed by atoms with Crippen molar-refractivity contribution in [3.63, 3.8) is 0 Å². The number of aliphatic hydroxyl groups is 3. The van der Waals surface area contributed by atoms with E-state index in [4.69, 9.17) is 4.74 Å². The van der Waals surface area contributed by atoms with Gasteiger partial charge >= 0.3 is 29.6 Å². The Bertz CT molecular complexity index is 1060. The van der Waals surface area contributed by atoms with Crippen LogP contribution in [0.1, 0.15) is 16.9 Å². The van der Waals surface area contributed by atoms with Crippen LogP contribution in [0.15, 0.2) is 58.5 Å². The summed E-state index contributed by atoms with van der Waals surface area (Å²) < 4.78 is 6.94. The monoisotopic (exact) mass is 454 g/mol. The van der Waals surface area contributed by atoms with Gasteiger partial charge in [-0.3, -0.25) is 0 Å². The summed E-state index contributed by atoms with van der Waals surface area (Å²) >= 11 is 3.01. The number of carboxylic acid groups (broad SMARTS) is 1. The number of fused-ring (bicyclic) bond motifs is 1. The molecule has 0 fully saturated rings. The van der Waals surface area contributed by atoms with E-state index in [0.717, 1.165) is 20.5 Å². The molecule has 0 saturated heterocycles. The minimum Gasteiger partial charge on any atom is -0.547 e. The maximum absolute atomic E-state index is 11.8. The predicted molar refractivity (Wildman–Crippen MR) is 108 cm³/mol. The zero-order valence-electron chi connectivity index (χ0n) is 16.3. The standard InChI is InChI=1S/C21H20O6S2.Na/c22-16-10-21(26,20(24)25)15(9-14-2-1-6-28-14)19(18(16)23)27-11-12-3-4-17-13(8-12)5-7-29-17;/h1-8,16,18,22-23,26H,9-11H2,(H,24,25);/q;+1/p-1/t16-,18+,21-;/m1./s1. The summed E-state index contributed by atoms with van der Waals surface area (Å²) in [6, 6.07) is 11.4. The summed E-state index contributed by atoms with van der Waals surface area (Å²) in [7, 11) is 0. The third-order valence-electron chi connectivity index (χ3n) is 5.11. The van der Waals surface area contributed by atoms with Crippen LogP contribution in [0.2, 0.25) is 0 Å². The second-order valence-electron chi connectivity index (χ2n) is 7.04. The summed E-state index contributed by atoms with van der Waals surface area (Å²) in [5.41, 5.74) is -1.59. The third kappa shape index (κ3) is 4.51. The number of benzene rings is 1. The number of carbonyl (C=O) groups is 1. The van der Waals surface area contributed by atoms with Crippen molar-refractivity contribution in [1.82, 2.24) is 0 Å². The quantitative estimate of drug-likeness (QED) is 0.395. The molecule has 1 aliphatic carbocycles. The number of aliphatic hydroxyl groups excluding tert-OH is 2. The van der Waals surface area contributed by atoms with Crippen molar-refractivity contribution in [3.05, 3.63) is 68.9 Å². The van der Waals surface area contributed by atoms with Crippen molar-refractivity contribution in [2.45, 2.75) is 37.3 Å². The average Bonchev–Trinajstić information content (AvgIpc) is 3.36. The third-order valence-corrected chi connectivity index (χ3v) is 6.89. The average molecular weight is 455 g/mol. The molecule has 2 heterocycles. The first-order valence-electron chi connectivity index (χ1n) is 9.03. The fraction of sp³-hybridized carbons (Fsp3) is 0.286. The number of carboxylic acids is 1. The molecule has 9 heteroatoms. The molecule has 3 atom stereocenters. The van der Waals surface area contributed by atoms with Gasteiger partial charge in [0.1, 0.15) is 24.1 Å². The first kappa shape index (κ1) is 23.4. The van der Waals surface area contributed by atoms with Crippen molar-refractivity contribution in [1.29, 1.82) is 0 Å². The largest absolute Gasteiger partial charge is 1.00 e. The Morgan fingerprint density at radius 1 is 1.20 bits per heavy atom. The second-order valence-corrected chi connectivity index (χ2v) is 9.02. The minimum absolute atomic E-state index is 0. The molecule has 1 aliphatic rings. The number of thiophene rings is 2. The van der Waals surface area contributed by atoms with Crippen LogP contribution >= 0.6 is 22.7 Å². The molecule has 3 aromatic rings. The fourth-order valence-electron chi connectivity index (χ4n) is 3.56. The molecule has 0 amide bonds. The van der Waals surface area contributed by atoms with Gasteiger partial charge in [0.25, 0.3) is 0 Å². The summed E-state index contributed by atoms with van der Waals surface area (Å²) in [6.45, 7) is 0.0575. The van der Waals surface area contributed by atoms with Crippen molar-refractivity contribution in [3.8, 4) is 0 Å². The second kappa shape index (κ2) is 9.50. The smallest absolute Gasteiger partial charge is 0.547 e. The maximum atomic E-state index is 11.8. The van der Waals surface area contributed by atoms with Crippen LogP contribution in [-0.4, -0.2) is 39.1 Å². The van der Waals surface area contributed by atoms with Crippen LogP contribution in [-0.2, 0) is 22.6 Å². The van der Waals surface area contributed by atoms with Crippen molar-refractivity contribution < 1.29 is 59.5 Å². The van der Waals surface area contributed by atoms with Crippen LogP contribution in [0.25, 0.3) is 10.1 Å². The Balaban J connectivity index is 0.00000256. The molecule has 30 heavy (non-hydrogen) atoms. The Hall–Kier alpha value is -1.23. The molecular weight excluding hydrogens is 435 g/mol. The molecule has 0 spiro atoms. The van der Waals surface area contributed by atoms with Gasteiger partial charge in [-0.1, -0.05) is 12.1 Å². The first-order valence-corrected chi connectivity index (χ1v) is 10.8. The summed E-state index contributed by atoms with van der Waals surface area (Å²) in [5, 5.41) is 48.1. The van der Waals surface area contributed by atoms with Gasteiger partial charge in [-0.25, -0.2) is 0 Å². The number of hydrogen-bond acceptors (Lipinski definition) is 8. The van der Waals surface area contributed by atoms with Crippen LogP contribution in [0.5, 0.6) is 0 Å². The fourth-order valence-corrected chi connectivity index (χ4v) is 5.05. The van der Waals surface area contributed by atoms with Crippen LogP contribution in [0.4, 0.5) is 0 Å². The number of ether oxygens (including phenoxy) is 1. The summed E-state index contributed by atoms with van der Waals surface area (Å²) in [5.74, 6) is -1.84. The molecule has 152 valence electrons. The van der Waals surface area contributed by atoms with E-state index in [-0.39, 0.29) is 53.9 Å². The van der Waals surface area contributed by atoms with Crippen molar-refractivity contribution in [2.75, 3.05) is 0 Å². The Morgan fingerprint density at radius 3 is 2.70 bits per heavy atom. The summed E-state index contributed by atoms with van der Waals surface area (Å²) in [6.07, 6.45) is -3.41. The Morgan fingerprint density at radius 2 is 2.00 bits per heavy atom. The van der Waals surface area contributed by atoms with Crippen molar-refractivity contribution >= 4 is 38.7 Å². The molecule has 1 aromatic carbocycles. The molecular formula is C21H19NaO6S2. The van der Waals surface area contributed by atoms with Gasteiger partial charge in [0.15, 0.2) is 0 Å². The van der Waals surface area contributed by atoms with E-state index >= 15 is 0 Å². The SMILES string of the molecule is O=C([O-])[C@@]1(O)C[C@@H](O)[C@H](O)C(OCc2ccc3sccc3c2)=C1Cc1cccs1.[Na+]. The van der Waals surface area contributed by atoms with Gasteiger partial charge in [0.2, 0.25) is 0 Å². The number of aliphatic carboxylic acids is 1. The molecule has 4 rings (SSSR count). The Kier molecular flexibility index (Phi) is 7.42. The number of hydrogen-bond donors (Lipinski definition) is 3. The van der Waals surface area contributed by atoms with Crippen LogP contribution in [0.3, 0.4) is 0 Å². The number of rotatable bonds is 6. The van der Waals surface area contributed by atoms with E-state index in [1.807, 2.05) is 41.1 Å². The van der Waals surface area contributed by atoms with Crippen LogP contribution in [0, 0.1) is 0 Å². The molecule has 0 aliphatic heterocycles. The van der Waals surface area contributed by atoms with Gasteiger partial charge < -0.3 is 30.0 Å². The maximum Gasteiger partial charge on any atom is 1.00 e. The molecule has 0 radical (unpaired) electrons. The minimum atomic E-state index is -2.42. The van der Waals surface area contributed by atoms with Gasteiger partial charge in [-0.2, -0.15) is 0 Å². The topological polar surface area (TPSA) is 110 Å². The Labute approximate surface area is 203 Å². The predicted octanol–water partition coefficient (Wildman–Crippen LogP) is -1.41. The van der Waals surface area contributed by atoms with Crippen LogP contribution < -0.4 is 34.7 Å². The van der Waals surface area contributed by atoms with Gasteiger partial charge in [0.05, 0.1) is 12.1 Å². The number of carbonyl (C=O) groups excluding carboxylic acids is 1. The van der Waals surface area contributed by atoms with E-state index in [9.17, 15) is 25.2 Å². The molecule has 0 unspecified atom stereocenters. The summed E-state index contributed by atoms with van der Waals surface area (Å²) in [4.78, 5) is 12.6.